The Balaban J connectivity index is 0. The molecule has 4 heteroatoms. The molecule has 0 atom stereocenters. The summed E-state index contributed by atoms with van der Waals surface area (Å²) in [7, 11) is 0. The van der Waals surface area contributed by atoms with Gasteiger partial charge in [-0.15, -0.1) is 0 Å². The molecule has 0 saturated heterocycles. The van der Waals surface area contributed by atoms with Crippen LogP contribution >= 0.6 is 0 Å². The van der Waals surface area contributed by atoms with E-state index in [1.165, 1.54) is 12.2 Å². The number of carbonyl (C=O) groups excluding carboxylic acids is 3. The fourth-order valence-electron chi connectivity index (χ4n) is 1.12. The van der Waals surface area contributed by atoms with Gasteiger partial charge in [-0.2, -0.15) is 0 Å². The maximum atomic E-state index is 11.8. The number of ketones is 1. The molecule has 0 rings (SSSR count). The molecule has 3 nitrogen and oxygen atoms in total. The SMILES string of the molecule is CC/C=C/C=C(/C=O)C(=O)/C(C=O)=C\C=C\CC.[Ru]. The average Bonchev–Trinajstić information content (AvgIpc) is 2.39. The van der Waals surface area contributed by atoms with Crippen LogP contribution in [0, 0.1) is 0 Å². The molecule has 0 aromatic heterocycles. The Kier molecular flexibility index (Phi) is 13.7. The van der Waals surface area contributed by atoms with Crippen LogP contribution in [0.2, 0.25) is 0 Å². The zero-order valence-corrected chi connectivity index (χ0v) is 12.8. The first-order valence-corrected chi connectivity index (χ1v) is 5.89. The molecular formula is C15H18O3Ru. The van der Waals surface area contributed by atoms with Crippen molar-refractivity contribution in [2.75, 3.05) is 0 Å². The fraction of sp³-hybridized carbons (Fsp3) is 0.267. The van der Waals surface area contributed by atoms with Gasteiger partial charge in [0.1, 0.15) is 0 Å². The molecule has 0 heterocycles. The molecule has 0 unspecified atom stereocenters. The molecule has 0 aliphatic carbocycles. The second-order valence-electron chi connectivity index (χ2n) is 3.48. The van der Waals surface area contributed by atoms with E-state index in [1.54, 1.807) is 12.2 Å². The maximum absolute atomic E-state index is 11.8. The normalized spacial score (nSPS) is 12.5. The molecule has 19 heavy (non-hydrogen) atoms. The minimum atomic E-state index is -0.554. The van der Waals surface area contributed by atoms with E-state index >= 15 is 0 Å². The van der Waals surface area contributed by atoms with E-state index in [0.29, 0.717) is 12.6 Å². The number of hydrogen-bond donors (Lipinski definition) is 0. The van der Waals surface area contributed by atoms with Gasteiger partial charge in [0.25, 0.3) is 0 Å². The van der Waals surface area contributed by atoms with Gasteiger partial charge in [0.2, 0.25) is 0 Å². The third-order valence-corrected chi connectivity index (χ3v) is 2.07. The Morgan fingerprint density at radius 2 is 1.21 bits per heavy atom. The molecule has 0 fully saturated rings. The van der Waals surface area contributed by atoms with Gasteiger partial charge in [-0.25, -0.2) is 0 Å². The third-order valence-electron chi connectivity index (χ3n) is 2.07. The first kappa shape index (κ1) is 19.9. The van der Waals surface area contributed by atoms with Crippen LogP contribution < -0.4 is 0 Å². The van der Waals surface area contributed by atoms with Gasteiger partial charge in [-0.3, -0.25) is 14.4 Å². The first-order chi connectivity index (χ1) is 8.71. The van der Waals surface area contributed by atoms with Crippen molar-refractivity contribution in [2.24, 2.45) is 0 Å². The average molecular weight is 347 g/mol. The number of rotatable bonds is 8. The van der Waals surface area contributed by atoms with Crippen molar-refractivity contribution >= 4 is 18.4 Å². The summed E-state index contributed by atoms with van der Waals surface area (Å²) in [4.78, 5) is 33.4. The van der Waals surface area contributed by atoms with E-state index in [-0.39, 0.29) is 30.6 Å². The molecule has 0 bridgehead atoms. The van der Waals surface area contributed by atoms with Crippen molar-refractivity contribution in [1.29, 1.82) is 0 Å². The molecule has 0 spiro atoms. The monoisotopic (exact) mass is 348 g/mol. The number of carbonyl (C=O) groups is 3. The summed E-state index contributed by atoms with van der Waals surface area (Å²) in [6.45, 7) is 3.89. The molecule has 104 valence electrons. The minimum absolute atomic E-state index is 0. The van der Waals surface area contributed by atoms with Crippen molar-refractivity contribution in [3.63, 3.8) is 0 Å². The predicted octanol–water partition coefficient (Wildman–Crippen LogP) is 2.74. The van der Waals surface area contributed by atoms with Crippen LogP contribution in [0.5, 0.6) is 0 Å². The van der Waals surface area contributed by atoms with E-state index < -0.39 is 5.78 Å². The van der Waals surface area contributed by atoms with Crippen LogP contribution in [0.3, 0.4) is 0 Å². The zero-order chi connectivity index (χ0) is 13.8. The van der Waals surface area contributed by atoms with Crippen LogP contribution in [0.1, 0.15) is 26.7 Å². The van der Waals surface area contributed by atoms with Gasteiger partial charge < -0.3 is 0 Å². The Labute approximate surface area is 126 Å². The summed E-state index contributed by atoms with van der Waals surface area (Å²) in [5.74, 6) is -0.554. The second kappa shape index (κ2) is 13.0. The third kappa shape index (κ3) is 8.33. The largest absolute Gasteiger partial charge is 0.298 e. The van der Waals surface area contributed by atoms with Gasteiger partial charge in [-0.1, -0.05) is 38.2 Å². The Morgan fingerprint density at radius 3 is 1.47 bits per heavy atom. The number of hydrogen-bond acceptors (Lipinski definition) is 3. The van der Waals surface area contributed by atoms with Gasteiger partial charge in [0.05, 0.1) is 11.1 Å². The standard InChI is InChI=1S/C15H18O3.Ru/c1-3-5-7-9-13(11-16)15(18)14(12-17)10-8-6-4-2;/h5-12H,3-4H2,1-2H3;/b7-5+,8-6+,13-9-,14-10-;. The summed E-state index contributed by atoms with van der Waals surface area (Å²) in [5.41, 5.74) is -0.0501. The van der Waals surface area contributed by atoms with Crippen LogP contribution in [0.4, 0.5) is 0 Å². The van der Waals surface area contributed by atoms with Gasteiger partial charge >= 0.3 is 0 Å². The molecule has 0 saturated carbocycles. The second-order valence-corrected chi connectivity index (χ2v) is 3.48. The van der Waals surface area contributed by atoms with E-state index in [4.69, 9.17) is 0 Å². The molecule has 0 aromatic rings. The minimum Gasteiger partial charge on any atom is -0.298 e. The van der Waals surface area contributed by atoms with E-state index in [0.717, 1.165) is 12.8 Å². The molecule has 0 amide bonds. The van der Waals surface area contributed by atoms with Crippen molar-refractivity contribution < 1.29 is 33.9 Å². The number of Topliss-reactive ketones (excluding diaryl/α,β-unsaturated/α-hetero) is 1. The molecule has 0 aliphatic rings. The van der Waals surface area contributed by atoms with Gasteiger partial charge in [-0.05, 0) is 25.0 Å². The van der Waals surface area contributed by atoms with E-state index in [1.807, 2.05) is 26.0 Å². The van der Waals surface area contributed by atoms with Crippen LogP contribution in [0.25, 0.3) is 0 Å². The van der Waals surface area contributed by atoms with Crippen LogP contribution in [0.15, 0.2) is 47.6 Å². The van der Waals surface area contributed by atoms with Crippen molar-refractivity contribution in [2.45, 2.75) is 26.7 Å². The van der Waals surface area contributed by atoms with E-state index in [2.05, 4.69) is 0 Å². The van der Waals surface area contributed by atoms with Gasteiger partial charge in [0.15, 0.2) is 18.4 Å². The topological polar surface area (TPSA) is 51.2 Å². The van der Waals surface area contributed by atoms with E-state index in [9.17, 15) is 14.4 Å². The molecule has 0 radical (unpaired) electrons. The van der Waals surface area contributed by atoms with Crippen molar-refractivity contribution in [3.05, 3.63) is 47.6 Å². The molecule has 0 aromatic carbocycles. The van der Waals surface area contributed by atoms with Crippen LogP contribution in [-0.4, -0.2) is 18.4 Å². The molecular weight excluding hydrogens is 329 g/mol. The molecule has 0 aliphatic heterocycles. The quantitative estimate of drug-likeness (QED) is 0.169. The number of allylic oxidation sites excluding steroid dienone is 8. The molecule has 0 N–H and O–H groups in total. The number of aldehydes is 2. The summed E-state index contributed by atoms with van der Waals surface area (Å²) in [6, 6.07) is 0. The fourth-order valence-corrected chi connectivity index (χ4v) is 1.12. The smallest absolute Gasteiger partial charge is 0.199 e. The predicted molar refractivity (Wildman–Crippen MR) is 72.2 cm³/mol. The Bertz CT molecular complexity index is 377. The van der Waals surface area contributed by atoms with Crippen molar-refractivity contribution in [1.82, 2.24) is 0 Å². The summed E-state index contributed by atoms with van der Waals surface area (Å²) in [6.07, 6.45) is 12.3. The van der Waals surface area contributed by atoms with Gasteiger partial charge in [0, 0.05) is 19.5 Å². The zero-order valence-electron chi connectivity index (χ0n) is 11.1. The Hall–Kier alpha value is -1.41. The maximum Gasteiger partial charge on any atom is 0.199 e. The van der Waals surface area contributed by atoms with Crippen molar-refractivity contribution in [3.8, 4) is 0 Å². The Morgan fingerprint density at radius 1 is 0.842 bits per heavy atom. The summed E-state index contributed by atoms with van der Waals surface area (Å²) < 4.78 is 0. The van der Waals surface area contributed by atoms with Crippen LogP contribution in [-0.2, 0) is 33.9 Å². The summed E-state index contributed by atoms with van der Waals surface area (Å²) >= 11 is 0. The summed E-state index contributed by atoms with van der Waals surface area (Å²) in [5, 5.41) is 0. The first-order valence-electron chi connectivity index (χ1n) is 5.89.